The zero-order valence-corrected chi connectivity index (χ0v) is 17.2. The molecule has 1 aromatic heterocycles. The van der Waals surface area contributed by atoms with Crippen LogP contribution in [0, 0.1) is 13.8 Å². The minimum absolute atomic E-state index is 0.00667. The van der Waals surface area contributed by atoms with E-state index in [1.54, 1.807) is 13.8 Å². The molecule has 0 spiro atoms. The molecule has 0 saturated heterocycles. The molecule has 29 heavy (non-hydrogen) atoms. The van der Waals surface area contributed by atoms with Crippen molar-refractivity contribution in [3.05, 3.63) is 94.3 Å². The molecule has 5 nitrogen and oxygen atoms in total. The number of hydrogen-bond donors (Lipinski definition) is 2. The van der Waals surface area contributed by atoms with E-state index in [0.717, 1.165) is 11.1 Å². The van der Waals surface area contributed by atoms with Crippen LogP contribution in [0.4, 0.5) is 0 Å². The lowest BCUT2D eigenvalue weighted by molar-refractivity contribution is -0.703. The number of nitrogens with one attached hydrogen (secondary N) is 1. The predicted octanol–water partition coefficient (Wildman–Crippen LogP) is 3.34. The number of ether oxygens (including phenoxy) is 1. The molecule has 0 saturated carbocycles. The van der Waals surface area contributed by atoms with Crippen molar-refractivity contribution in [2.45, 2.75) is 32.9 Å². The van der Waals surface area contributed by atoms with Crippen molar-refractivity contribution in [3.63, 3.8) is 0 Å². The maximum Gasteiger partial charge on any atom is 0.339 e. The molecule has 1 heterocycles. The number of methoxy groups -OCH3 is 1. The molecule has 3 rings (SSSR count). The van der Waals surface area contributed by atoms with E-state index in [-0.39, 0.29) is 17.9 Å². The lowest BCUT2D eigenvalue weighted by atomic mass is 9.96. The minimum atomic E-state index is -0.432. The number of carbonyl (C=O) groups is 2. The van der Waals surface area contributed by atoms with E-state index in [1.807, 2.05) is 43.3 Å². The van der Waals surface area contributed by atoms with Crippen molar-refractivity contribution < 1.29 is 19.6 Å². The number of ketones is 1. The number of quaternary nitrogens is 1. The van der Waals surface area contributed by atoms with Crippen LogP contribution in [0.25, 0.3) is 0 Å². The first kappa shape index (κ1) is 20.6. The molecule has 1 atom stereocenters. The summed E-state index contributed by atoms with van der Waals surface area (Å²) in [5, 5.41) is 2.07. The lowest BCUT2D eigenvalue weighted by Crippen LogP contribution is -2.92. The van der Waals surface area contributed by atoms with Gasteiger partial charge in [0.25, 0.3) is 0 Å². The Morgan fingerprint density at radius 3 is 1.93 bits per heavy atom. The number of aromatic amines is 1. The largest absolute Gasteiger partial charge is 0.465 e. The van der Waals surface area contributed by atoms with Gasteiger partial charge in [0.1, 0.15) is 12.1 Å². The average Bonchev–Trinajstić information content (AvgIpc) is 3.05. The molecule has 3 aromatic rings. The molecule has 0 fully saturated rings. The number of H-pyrrole nitrogens is 1. The SMILES string of the molecule is COC(=O)c1c(C)[nH]c(C(=O)[C@H](C)[NH2+]C(c2ccccc2)c2ccccc2)c1C. The number of Topliss-reactive ketones (excluding diaryl/α,β-unsaturated/α-hetero) is 1. The van der Waals surface area contributed by atoms with Gasteiger partial charge in [0.05, 0.1) is 18.4 Å². The second-order valence-electron chi connectivity index (χ2n) is 7.26. The van der Waals surface area contributed by atoms with Gasteiger partial charge in [-0.15, -0.1) is 0 Å². The molecule has 2 aromatic carbocycles. The van der Waals surface area contributed by atoms with Crippen molar-refractivity contribution in [1.29, 1.82) is 0 Å². The maximum absolute atomic E-state index is 13.2. The smallest absolute Gasteiger partial charge is 0.339 e. The minimum Gasteiger partial charge on any atom is -0.465 e. The average molecular weight is 391 g/mol. The lowest BCUT2D eigenvalue weighted by Gasteiger charge is -2.20. The summed E-state index contributed by atoms with van der Waals surface area (Å²) in [5.41, 5.74) is 4.45. The summed E-state index contributed by atoms with van der Waals surface area (Å²) in [6.07, 6.45) is 0. The molecule has 0 aliphatic rings. The van der Waals surface area contributed by atoms with Gasteiger partial charge >= 0.3 is 5.97 Å². The van der Waals surface area contributed by atoms with Gasteiger partial charge in [-0.3, -0.25) is 4.79 Å². The molecule has 0 amide bonds. The summed E-state index contributed by atoms with van der Waals surface area (Å²) in [4.78, 5) is 28.4. The Labute approximate surface area is 171 Å². The highest BCUT2D eigenvalue weighted by Crippen LogP contribution is 2.21. The first-order valence-corrected chi connectivity index (χ1v) is 9.70. The number of esters is 1. The van der Waals surface area contributed by atoms with Crippen LogP contribution in [0.15, 0.2) is 60.7 Å². The van der Waals surface area contributed by atoms with Crippen molar-refractivity contribution in [2.24, 2.45) is 0 Å². The van der Waals surface area contributed by atoms with Crippen molar-refractivity contribution >= 4 is 11.8 Å². The number of benzene rings is 2. The van der Waals surface area contributed by atoms with Crippen molar-refractivity contribution in [2.75, 3.05) is 7.11 Å². The highest BCUT2D eigenvalue weighted by atomic mass is 16.5. The molecule has 150 valence electrons. The van der Waals surface area contributed by atoms with Crippen LogP contribution in [0.1, 0.15) is 56.2 Å². The molecular formula is C24H27N2O3+. The van der Waals surface area contributed by atoms with Crippen LogP contribution in [0.5, 0.6) is 0 Å². The van der Waals surface area contributed by atoms with Gasteiger partial charge in [-0.1, -0.05) is 60.7 Å². The van der Waals surface area contributed by atoms with Gasteiger partial charge in [-0.05, 0) is 26.3 Å². The van der Waals surface area contributed by atoms with Gasteiger partial charge in [-0.25, -0.2) is 4.79 Å². The first-order chi connectivity index (χ1) is 13.9. The highest BCUT2D eigenvalue weighted by molar-refractivity contribution is 6.03. The topological polar surface area (TPSA) is 75.8 Å². The van der Waals surface area contributed by atoms with E-state index < -0.39 is 5.97 Å². The van der Waals surface area contributed by atoms with Crippen molar-refractivity contribution in [3.8, 4) is 0 Å². The monoisotopic (exact) mass is 391 g/mol. The third kappa shape index (κ3) is 4.30. The van der Waals surface area contributed by atoms with Crippen LogP contribution in [0.3, 0.4) is 0 Å². The molecule has 0 unspecified atom stereocenters. The number of hydrogen-bond acceptors (Lipinski definition) is 3. The standard InChI is InChI=1S/C24H26N2O3/c1-15-20(24(28)29-4)16(2)25-21(15)23(27)17(3)26-22(18-11-7-5-8-12-18)19-13-9-6-10-14-19/h5-14,17,22,25-26H,1-4H3/p+1/t17-/m0/s1. The number of nitrogens with two attached hydrogens (primary N) is 1. The van der Waals surface area contributed by atoms with Crippen LogP contribution in [-0.2, 0) is 4.74 Å². The molecule has 0 aliphatic heterocycles. The number of carbonyl (C=O) groups excluding carboxylic acids is 2. The van der Waals surface area contributed by atoms with E-state index in [2.05, 4.69) is 34.6 Å². The van der Waals surface area contributed by atoms with Crippen molar-refractivity contribution in [1.82, 2.24) is 4.98 Å². The summed E-state index contributed by atoms with van der Waals surface area (Å²) < 4.78 is 4.85. The normalized spacial score (nSPS) is 12.0. The highest BCUT2D eigenvalue weighted by Gasteiger charge is 2.30. The number of aromatic nitrogens is 1. The van der Waals surface area contributed by atoms with E-state index in [0.29, 0.717) is 22.5 Å². The fraction of sp³-hybridized carbons (Fsp3) is 0.250. The molecule has 5 heteroatoms. The third-order valence-corrected chi connectivity index (χ3v) is 5.29. The quantitative estimate of drug-likeness (QED) is 0.479. The Morgan fingerprint density at radius 2 is 1.45 bits per heavy atom. The van der Waals surface area contributed by atoms with Gasteiger partial charge in [-0.2, -0.15) is 0 Å². The van der Waals surface area contributed by atoms with E-state index in [1.165, 1.54) is 7.11 Å². The summed E-state index contributed by atoms with van der Waals surface area (Å²) in [6, 6.07) is 19.9. The van der Waals surface area contributed by atoms with Crippen LogP contribution in [-0.4, -0.2) is 29.9 Å². The second-order valence-corrected chi connectivity index (χ2v) is 7.26. The van der Waals surface area contributed by atoms with E-state index in [9.17, 15) is 9.59 Å². The van der Waals surface area contributed by atoms with E-state index >= 15 is 0 Å². The molecule has 0 radical (unpaired) electrons. The number of aryl methyl sites for hydroxylation is 1. The fourth-order valence-corrected chi connectivity index (χ4v) is 3.74. The van der Waals surface area contributed by atoms with E-state index in [4.69, 9.17) is 4.74 Å². The maximum atomic E-state index is 13.2. The zero-order valence-electron chi connectivity index (χ0n) is 17.2. The summed E-state index contributed by atoms with van der Waals surface area (Å²) in [5.74, 6) is -0.476. The Morgan fingerprint density at radius 1 is 0.931 bits per heavy atom. The summed E-state index contributed by atoms with van der Waals surface area (Å²) in [6.45, 7) is 5.46. The first-order valence-electron chi connectivity index (χ1n) is 9.70. The molecule has 0 aliphatic carbocycles. The van der Waals surface area contributed by atoms with Crippen LogP contribution in [0.2, 0.25) is 0 Å². The molecule has 3 N–H and O–H groups in total. The Kier molecular flexibility index (Phi) is 6.29. The van der Waals surface area contributed by atoms with Crippen LogP contribution < -0.4 is 5.32 Å². The zero-order chi connectivity index (χ0) is 21.0. The Bertz CT molecular complexity index is 954. The molecule has 0 bridgehead atoms. The second kappa shape index (κ2) is 8.88. The summed E-state index contributed by atoms with van der Waals surface area (Å²) >= 11 is 0. The third-order valence-electron chi connectivity index (χ3n) is 5.29. The van der Waals surface area contributed by atoms with Gasteiger partial charge in [0.15, 0.2) is 0 Å². The number of rotatable bonds is 7. The fourth-order valence-electron chi connectivity index (χ4n) is 3.74. The predicted molar refractivity (Wildman–Crippen MR) is 112 cm³/mol. The van der Waals surface area contributed by atoms with Gasteiger partial charge < -0.3 is 15.0 Å². The Balaban J connectivity index is 1.90. The van der Waals surface area contributed by atoms with Gasteiger partial charge in [0.2, 0.25) is 5.78 Å². The van der Waals surface area contributed by atoms with Crippen LogP contribution >= 0.6 is 0 Å². The molecular weight excluding hydrogens is 364 g/mol. The van der Waals surface area contributed by atoms with Gasteiger partial charge in [0, 0.05) is 16.8 Å². The Hall–Kier alpha value is -3.18. The summed E-state index contributed by atoms with van der Waals surface area (Å²) in [7, 11) is 1.34.